The largest absolute Gasteiger partial charge is 0.494 e. The first kappa shape index (κ1) is 28.3. The van der Waals surface area contributed by atoms with Gasteiger partial charge in [-0.15, -0.1) is 0 Å². The van der Waals surface area contributed by atoms with Crippen molar-refractivity contribution in [2.24, 2.45) is 0 Å². The Labute approximate surface area is 241 Å². The molecule has 2 fully saturated rings. The number of hydrogen-bond donors (Lipinski definition) is 3. The maximum Gasteiger partial charge on any atom is 0.247 e. The van der Waals surface area contributed by atoms with E-state index in [1.165, 1.54) is 12.4 Å². The zero-order chi connectivity index (χ0) is 28.8. The molecule has 0 bridgehead atoms. The van der Waals surface area contributed by atoms with Crippen molar-refractivity contribution >= 4 is 40.6 Å². The van der Waals surface area contributed by atoms with Gasteiger partial charge >= 0.3 is 0 Å². The number of ether oxygens (including phenoxy) is 1. The zero-order valence-electron chi connectivity index (χ0n) is 24.1. The maximum absolute atomic E-state index is 12.4. The molecular formula is C30H39N9O2. The molecular weight excluding hydrogens is 518 g/mol. The van der Waals surface area contributed by atoms with Crippen LogP contribution in [0.3, 0.4) is 0 Å². The molecule has 3 N–H and O–H groups in total. The van der Waals surface area contributed by atoms with E-state index in [1.54, 1.807) is 7.11 Å². The van der Waals surface area contributed by atoms with Crippen LogP contribution in [0, 0.1) is 6.92 Å². The standard InChI is InChI=1S/C30H39N9O2/c1-5-28(40)34-24-18-25(35-30-32-20-31-29(36-30)33-22-8-6-7-21(2)17-22)27(41-4)19-26(24)39-11-9-23(10-12-39)38-15-13-37(3)14-16-38/h5-8,17-20,23H,1,9-16H2,2-4H3,(H,34,40)(H2,31,32,33,35,36). The zero-order valence-corrected chi connectivity index (χ0v) is 24.1. The molecule has 2 saturated heterocycles. The van der Waals surface area contributed by atoms with Crippen molar-refractivity contribution in [2.75, 3.05) is 74.3 Å². The molecule has 216 valence electrons. The van der Waals surface area contributed by atoms with Gasteiger partial charge in [0.1, 0.15) is 12.1 Å². The SMILES string of the molecule is C=CC(=O)Nc1cc(Nc2ncnc(Nc3cccc(C)c3)n2)c(OC)cc1N1CCC(N2CCN(C)CC2)CC1. The molecule has 0 spiro atoms. The third-order valence-electron chi connectivity index (χ3n) is 7.71. The first-order chi connectivity index (χ1) is 19.9. The molecule has 5 rings (SSSR count). The number of anilines is 6. The number of amides is 1. The number of piperazine rings is 1. The van der Waals surface area contributed by atoms with Crippen molar-refractivity contribution in [3.05, 3.63) is 60.9 Å². The fraction of sp³-hybridized carbons (Fsp3) is 0.400. The Balaban J connectivity index is 1.35. The van der Waals surface area contributed by atoms with Crippen LogP contribution < -0.4 is 25.6 Å². The lowest BCUT2D eigenvalue weighted by atomic mass is 10.0. The Morgan fingerprint density at radius 3 is 2.41 bits per heavy atom. The summed E-state index contributed by atoms with van der Waals surface area (Å²) in [6, 6.07) is 12.4. The van der Waals surface area contributed by atoms with E-state index in [-0.39, 0.29) is 5.91 Å². The second kappa shape index (κ2) is 13.0. The summed E-state index contributed by atoms with van der Waals surface area (Å²) in [6.07, 6.45) is 4.86. The number of methoxy groups -OCH3 is 1. The van der Waals surface area contributed by atoms with E-state index >= 15 is 0 Å². The van der Waals surface area contributed by atoms with Gasteiger partial charge in [0.2, 0.25) is 17.8 Å². The molecule has 0 radical (unpaired) electrons. The average Bonchev–Trinajstić information content (AvgIpc) is 2.98. The van der Waals surface area contributed by atoms with E-state index in [1.807, 2.05) is 43.3 Å². The third kappa shape index (κ3) is 7.11. The van der Waals surface area contributed by atoms with Crippen LogP contribution in [-0.2, 0) is 4.79 Å². The number of rotatable bonds is 9. The fourth-order valence-corrected chi connectivity index (χ4v) is 5.43. The van der Waals surface area contributed by atoms with E-state index in [9.17, 15) is 4.79 Å². The number of nitrogens with one attached hydrogen (secondary N) is 3. The minimum absolute atomic E-state index is 0.278. The lowest BCUT2D eigenvalue weighted by Gasteiger charge is -2.43. The monoisotopic (exact) mass is 557 g/mol. The summed E-state index contributed by atoms with van der Waals surface area (Å²) in [7, 11) is 3.82. The number of hydrogen-bond acceptors (Lipinski definition) is 10. The highest BCUT2D eigenvalue weighted by Crippen LogP contribution is 2.39. The molecule has 3 heterocycles. The molecule has 2 aliphatic heterocycles. The van der Waals surface area contributed by atoms with E-state index in [0.717, 1.165) is 69.0 Å². The minimum atomic E-state index is -0.278. The van der Waals surface area contributed by atoms with Crippen LogP contribution >= 0.6 is 0 Å². The van der Waals surface area contributed by atoms with Crippen LogP contribution in [-0.4, -0.2) is 90.1 Å². The Hall–Kier alpha value is -4.22. The summed E-state index contributed by atoms with van der Waals surface area (Å²) in [5.41, 5.74) is 4.22. The quantitative estimate of drug-likeness (QED) is 0.334. The van der Waals surface area contributed by atoms with Gasteiger partial charge in [-0.05, 0) is 56.7 Å². The van der Waals surface area contributed by atoms with E-state index in [2.05, 4.69) is 59.2 Å². The molecule has 3 aromatic rings. The van der Waals surface area contributed by atoms with Crippen LogP contribution in [0.25, 0.3) is 0 Å². The summed E-state index contributed by atoms with van der Waals surface area (Å²) in [4.78, 5) is 32.8. The first-order valence-corrected chi connectivity index (χ1v) is 14.0. The van der Waals surface area contributed by atoms with E-state index in [0.29, 0.717) is 35.1 Å². The molecule has 0 unspecified atom stereocenters. The van der Waals surface area contributed by atoms with Crippen molar-refractivity contribution < 1.29 is 9.53 Å². The number of carbonyl (C=O) groups excluding carboxylic acids is 1. The number of benzene rings is 2. The molecule has 41 heavy (non-hydrogen) atoms. The number of carbonyl (C=O) groups is 1. The van der Waals surface area contributed by atoms with Crippen LogP contribution in [0.1, 0.15) is 18.4 Å². The predicted molar refractivity (Wildman–Crippen MR) is 164 cm³/mol. The summed E-state index contributed by atoms with van der Waals surface area (Å²) in [5.74, 6) is 1.09. The minimum Gasteiger partial charge on any atom is -0.494 e. The van der Waals surface area contributed by atoms with Crippen LogP contribution in [0.5, 0.6) is 5.75 Å². The van der Waals surface area contributed by atoms with Gasteiger partial charge in [0, 0.05) is 57.1 Å². The van der Waals surface area contributed by atoms with Crippen molar-refractivity contribution in [1.82, 2.24) is 24.8 Å². The second-order valence-corrected chi connectivity index (χ2v) is 10.6. The highest BCUT2D eigenvalue weighted by atomic mass is 16.5. The maximum atomic E-state index is 12.4. The molecule has 2 aliphatic rings. The fourth-order valence-electron chi connectivity index (χ4n) is 5.43. The van der Waals surface area contributed by atoms with Crippen molar-refractivity contribution in [2.45, 2.75) is 25.8 Å². The summed E-state index contributed by atoms with van der Waals surface area (Å²) in [5, 5.41) is 9.44. The van der Waals surface area contributed by atoms with E-state index < -0.39 is 0 Å². The molecule has 0 saturated carbocycles. The Kier molecular flexibility index (Phi) is 8.95. The lowest BCUT2D eigenvalue weighted by Crippen LogP contribution is -2.52. The molecule has 11 nitrogen and oxygen atoms in total. The van der Waals surface area contributed by atoms with Gasteiger partial charge in [0.05, 0.1) is 24.2 Å². The third-order valence-corrected chi connectivity index (χ3v) is 7.71. The van der Waals surface area contributed by atoms with Gasteiger partial charge in [-0.3, -0.25) is 9.69 Å². The average molecular weight is 558 g/mol. The van der Waals surface area contributed by atoms with Gasteiger partial charge in [-0.25, -0.2) is 9.97 Å². The predicted octanol–water partition coefficient (Wildman–Crippen LogP) is 4.02. The lowest BCUT2D eigenvalue weighted by molar-refractivity contribution is -0.111. The van der Waals surface area contributed by atoms with Gasteiger partial charge in [0.25, 0.3) is 0 Å². The van der Waals surface area contributed by atoms with Crippen LogP contribution in [0.2, 0.25) is 0 Å². The highest BCUT2D eigenvalue weighted by Gasteiger charge is 2.28. The number of piperidine rings is 1. The molecule has 2 aromatic carbocycles. The number of nitrogens with zero attached hydrogens (tertiary/aromatic N) is 6. The number of likely N-dealkylation sites (N-methyl/N-ethyl adjacent to an activating group) is 1. The smallest absolute Gasteiger partial charge is 0.247 e. The molecule has 1 amide bonds. The second-order valence-electron chi connectivity index (χ2n) is 10.6. The van der Waals surface area contributed by atoms with Crippen molar-refractivity contribution in [3.63, 3.8) is 0 Å². The van der Waals surface area contributed by atoms with Gasteiger partial charge in [-0.1, -0.05) is 18.7 Å². The summed E-state index contributed by atoms with van der Waals surface area (Å²) in [6.45, 7) is 11.9. The van der Waals surface area contributed by atoms with Crippen molar-refractivity contribution in [3.8, 4) is 5.75 Å². The van der Waals surface area contributed by atoms with E-state index in [4.69, 9.17) is 4.74 Å². The van der Waals surface area contributed by atoms with Crippen molar-refractivity contribution in [1.29, 1.82) is 0 Å². The van der Waals surface area contributed by atoms with Gasteiger partial charge in [0.15, 0.2) is 0 Å². The summed E-state index contributed by atoms with van der Waals surface area (Å²) >= 11 is 0. The normalized spacial score (nSPS) is 16.7. The number of aryl methyl sites for hydroxylation is 1. The highest BCUT2D eigenvalue weighted by molar-refractivity contribution is 6.02. The molecule has 0 aliphatic carbocycles. The molecule has 11 heteroatoms. The molecule has 1 aromatic heterocycles. The Morgan fingerprint density at radius 1 is 1.00 bits per heavy atom. The van der Waals surface area contributed by atoms with Crippen LogP contribution in [0.15, 0.2) is 55.4 Å². The van der Waals surface area contributed by atoms with Gasteiger partial charge in [-0.2, -0.15) is 4.98 Å². The summed E-state index contributed by atoms with van der Waals surface area (Å²) < 4.78 is 5.78. The van der Waals surface area contributed by atoms with Crippen LogP contribution in [0.4, 0.5) is 34.6 Å². The Morgan fingerprint density at radius 2 is 1.73 bits per heavy atom. The first-order valence-electron chi connectivity index (χ1n) is 14.0. The molecule has 0 atom stereocenters. The number of aromatic nitrogens is 3. The van der Waals surface area contributed by atoms with Gasteiger partial charge < -0.3 is 30.5 Å². The topological polar surface area (TPSA) is 111 Å². The Bertz CT molecular complexity index is 1370.